The number of benzene rings is 4. The summed E-state index contributed by atoms with van der Waals surface area (Å²) >= 11 is 0. The van der Waals surface area contributed by atoms with E-state index in [0.29, 0.717) is 5.69 Å². The van der Waals surface area contributed by atoms with E-state index in [9.17, 15) is 17.9 Å². The standard InChI is InChI=1S/C27H23FN2O3S/c28-20-14-16-23(17-15-20)34(32,33)30(21-8-2-1-3-9-21)19-22(31)18-29-26-12-6-4-10-24(26)25-11-5-7-13-27(25)29/h1-17,22,31H,18-19H2/t22-/m1/s1. The largest absolute Gasteiger partial charge is 0.389 e. The number of halogens is 1. The van der Waals surface area contributed by atoms with Gasteiger partial charge in [-0.05, 0) is 48.5 Å². The van der Waals surface area contributed by atoms with Gasteiger partial charge in [-0.2, -0.15) is 0 Å². The quantitative estimate of drug-likeness (QED) is 0.353. The highest BCUT2D eigenvalue weighted by molar-refractivity contribution is 7.92. The lowest BCUT2D eigenvalue weighted by Gasteiger charge is -2.27. The second-order valence-electron chi connectivity index (χ2n) is 8.12. The average Bonchev–Trinajstić information content (AvgIpc) is 3.17. The van der Waals surface area contributed by atoms with Crippen LogP contribution in [0.3, 0.4) is 0 Å². The van der Waals surface area contributed by atoms with Gasteiger partial charge in [0.2, 0.25) is 0 Å². The van der Waals surface area contributed by atoms with Gasteiger partial charge in [0.25, 0.3) is 10.0 Å². The van der Waals surface area contributed by atoms with Crippen LogP contribution in [0.5, 0.6) is 0 Å². The van der Waals surface area contributed by atoms with Gasteiger partial charge in [-0.1, -0.05) is 54.6 Å². The fourth-order valence-electron chi connectivity index (χ4n) is 4.33. The summed E-state index contributed by atoms with van der Waals surface area (Å²) in [5, 5.41) is 13.3. The second-order valence-corrected chi connectivity index (χ2v) is 9.99. The number of rotatable bonds is 7. The minimum absolute atomic E-state index is 0.0400. The van der Waals surface area contributed by atoms with Crippen LogP contribution in [0.4, 0.5) is 10.1 Å². The summed E-state index contributed by atoms with van der Waals surface area (Å²) in [4.78, 5) is -0.0400. The number of aliphatic hydroxyl groups is 1. The first-order valence-electron chi connectivity index (χ1n) is 10.9. The monoisotopic (exact) mass is 474 g/mol. The molecule has 0 radical (unpaired) electrons. The number of para-hydroxylation sites is 3. The summed E-state index contributed by atoms with van der Waals surface area (Å²) in [5.41, 5.74) is 2.36. The Bertz CT molecular complexity index is 1490. The molecule has 0 bridgehead atoms. The summed E-state index contributed by atoms with van der Waals surface area (Å²) in [6.45, 7) is 0.0425. The molecule has 5 nitrogen and oxygen atoms in total. The van der Waals surface area contributed by atoms with Crippen LogP contribution in [0.15, 0.2) is 108 Å². The Balaban J connectivity index is 1.52. The summed E-state index contributed by atoms with van der Waals surface area (Å²) in [7, 11) is -4.03. The number of hydrogen-bond donors (Lipinski definition) is 1. The zero-order chi connectivity index (χ0) is 23.7. The minimum Gasteiger partial charge on any atom is -0.389 e. The molecule has 0 aliphatic heterocycles. The van der Waals surface area contributed by atoms with Crippen molar-refractivity contribution in [3.63, 3.8) is 0 Å². The van der Waals surface area contributed by atoms with Gasteiger partial charge in [0.1, 0.15) is 5.82 Å². The molecule has 0 spiro atoms. The number of sulfonamides is 1. The van der Waals surface area contributed by atoms with Crippen molar-refractivity contribution in [1.29, 1.82) is 0 Å². The van der Waals surface area contributed by atoms with Gasteiger partial charge >= 0.3 is 0 Å². The molecule has 0 amide bonds. The maximum absolute atomic E-state index is 13.5. The van der Waals surface area contributed by atoms with Crippen molar-refractivity contribution in [1.82, 2.24) is 4.57 Å². The Morgan fingerprint density at radius 2 is 1.29 bits per heavy atom. The number of hydrogen-bond acceptors (Lipinski definition) is 3. The van der Waals surface area contributed by atoms with E-state index in [1.807, 2.05) is 53.1 Å². The predicted octanol–water partition coefficient (Wildman–Crippen LogP) is 5.19. The highest BCUT2D eigenvalue weighted by atomic mass is 32.2. The van der Waals surface area contributed by atoms with E-state index in [-0.39, 0.29) is 18.0 Å². The molecule has 0 fully saturated rings. The average molecular weight is 475 g/mol. The molecule has 0 saturated heterocycles. The van der Waals surface area contributed by atoms with E-state index in [2.05, 4.69) is 0 Å². The third-order valence-corrected chi connectivity index (χ3v) is 7.70. The smallest absolute Gasteiger partial charge is 0.264 e. The molecule has 7 heteroatoms. The van der Waals surface area contributed by atoms with Gasteiger partial charge in [-0.3, -0.25) is 4.31 Å². The summed E-state index contributed by atoms with van der Waals surface area (Å²) < 4.78 is 43.6. The Labute approximate surface area is 197 Å². The summed E-state index contributed by atoms with van der Waals surface area (Å²) in [6.07, 6.45) is -1.00. The van der Waals surface area contributed by atoms with E-state index in [0.717, 1.165) is 33.9 Å². The number of aliphatic hydroxyl groups excluding tert-OH is 1. The zero-order valence-electron chi connectivity index (χ0n) is 18.3. The lowest BCUT2D eigenvalue weighted by atomic mass is 10.2. The highest BCUT2D eigenvalue weighted by Crippen LogP contribution is 2.30. The van der Waals surface area contributed by atoms with Gasteiger partial charge in [-0.25, -0.2) is 12.8 Å². The SMILES string of the molecule is O=S(=O)(c1ccc(F)cc1)N(C[C@H](O)Cn1c2ccccc2c2ccccc21)c1ccccc1. The molecule has 1 heterocycles. The number of nitrogens with zero attached hydrogens (tertiary/aromatic N) is 2. The van der Waals surface area contributed by atoms with Crippen LogP contribution < -0.4 is 4.31 Å². The first kappa shape index (κ1) is 22.1. The first-order valence-corrected chi connectivity index (χ1v) is 12.4. The maximum Gasteiger partial charge on any atom is 0.264 e. The fraction of sp³-hybridized carbons (Fsp3) is 0.111. The molecule has 34 heavy (non-hydrogen) atoms. The zero-order valence-corrected chi connectivity index (χ0v) is 19.1. The minimum atomic E-state index is -4.03. The van der Waals surface area contributed by atoms with Gasteiger partial charge in [0.05, 0.1) is 29.8 Å². The lowest BCUT2D eigenvalue weighted by Crippen LogP contribution is -2.39. The van der Waals surface area contributed by atoms with Crippen molar-refractivity contribution >= 4 is 37.5 Å². The van der Waals surface area contributed by atoms with E-state index >= 15 is 0 Å². The molecule has 5 aromatic rings. The summed E-state index contributed by atoms with van der Waals surface area (Å²) in [5.74, 6) is -0.517. The van der Waals surface area contributed by atoms with E-state index < -0.39 is 21.9 Å². The normalized spacial score (nSPS) is 12.8. The van der Waals surface area contributed by atoms with E-state index in [1.165, 1.54) is 16.4 Å². The van der Waals surface area contributed by atoms with Crippen molar-refractivity contribution in [3.8, 4) is 0 Å². The Kier molecular flexibility index (Phi) is 5.81. The number of anilines is 1. The molecule has 0 aliphatic carbocycles. The molecular formula is C27H23FN2O3S. The Morgan fingerprint density at radius 3 is 1.88 bits per heavy atom. The molecule has 1 aromatic heterocycles. The molecule has 4 aromatic carbocycles. The summed E-state index contributed by atoms with van der Waals surface area (Å²) in [6, 6.07) is 29.2. The molecule has 0 aliphatic rings. The Hall–Kier alpha value is -3.68. The van der Waals surface area contributed by atoms with Crippen molar-refractivity contribution < 1.29 is 17.9 Å². The van der Waals surface area contributed by atoms with Crippen LogP contribution in [0.25, 0.3) is 21.8 Å². The van der Waals surface area contributed by atoms with Gasteiger partial charge in [0.15, 0.2) is 0 Å². The van der Waals surface area contributed by atoms with Gasteiger partial charge in [0, 0.05) is 21.8 Å². The van der Waals surface area contributed by atoms with Crippen LogP contribution >= 0.6 is 0 Å². The molecule has 0 saturated carbocycles. The molecule has 5 rings (SSSR count). The lowest BCUT2D eigenvalue weighted by molar-refractivity contribution is 0.166. The topological polar surface area (TPSA) is 62.5 Å². The third-order valence-electron chi connectivity index (χ3n) is 5.90. The van der Waals surface area contributed by atoms with Crippen LogP contribution in [0.2, 0.25) is 0 Å². The van der Waals surface area contributed by atoms with Crippen LogP contribution in [-0.4, -0.2) is 30.7 Å². The van der Waals surface area contributed by atoms with Gasteiger partial charge < -0.3 is 9.67 Å². The van der Waals surface area contributed by atoms with Gasteiger partial charge in [-0.15, -0.1) is 0 Å². The molecular weight excluding hydrogens is 451 g/mol. The third kappa shape index (κ3) is 4.04. The highest BCUT2D eigenvalue weighted by Gasteiger charge is 2.28. The van der Waals surface area contributed by atoms with E-state index in [4.69, 9.17) is 0 Å². The molecule has 1 N–H and O–H groups in total. The van der Waals surface area contributed by atoms with Crippen molar-refractivity contribution in [3.05, 3.63) is 109 Å². The van der Waals surface area contributed by atoms with Crippen LogP contribution in [0, 0.1) is 5.82 Å². The molecule has 172 valence electrons. The van der Waals surface area contributed by atoms with Crippen molar-refractivity contribution in [2.24, 2.45) is 0 Å². The maximum atomic E-state index is 13.5. The van der Waals surface area contributed by atoms with Crippen LogP contribution in [0.1, 0.15) is 0 Å². The number of fused-ring (bicyclic) bond motifs is 3. The molecule has 0 unspecified atom stereocenters. The Morgan fingerprint density at radius 1 is 0.765 bits per heavy atom. The van der Waals surface area contributed by atoms with E-state index in [1.54, 1.807) is 30.3 Å². The fourth-order valence-corrected chi connectivity index (χ4v) is 5.83. The molecule has 1 atom stereocenters. The number of aromatic nitrogens is 1. The van der Waals surface area contributed by atoms with Crippen molar-refractivity contribution in [2.75, 3.05) is 10.8 Å². The van der Waals surface area contributed by atoms with Crippen LogP contribution in [-0.2, 0) is 16.6 Å². The predicted molar refractivity (Wildman–Crippen MR) is 133 cm³/mol. The van der Waals surface area contributed by atoms with Crippen molar-refractivity contribution in [2.45, 2.75) is 17.5 Å². The first-order chi connectivity index (χ1) is 16.4. The second kappa shape index (κ2) is 8.93.